The van der Waals surface area contributed by atoms with E-state index < -0.39 is 94.7 Å². The highest BCUT2D eigenvalue weighted by Crippen LogP contribution is 2.44. The average molecular weight is 550 g/mol. The fourth-order valence-corrected chi connectivity index (χ4v) is 7.41. The zero-order valence-corrected chi connectivity index (χ0v) is 19.2. The van der Waals surface area contributed by atoms with Gasteiger partial charge < -0.3 is 0 Å². The van der Waals surface area contributed by atoms with Gasteiger partial charge in [0, 0.05) is 5.92 Å². The largest absolute Gasteiger partial charge is 0.497 e. The summed E-state index contributed by atoms with van der Waals surface area (Å²) in [6, 6.07) is 4.60. The first-order valence-electron chi connectivity index (χ1n) is 10.1. The minimum Gasteiger partial charge on any atom is -0.223 e. The van der Waals surface area contributed by atoms with Crippen LogP contribution in [-0.2, 0) is 25.9 Å². The molecular weight excluding hydrogens is 532 g/mol. The lowest BCUT2D eigenvalue weighted by atomic mass is 9.78. The predicted molar refractivity (Wildman–Crippen MR) is 109 cm³/mol. The molecule has 3 atom stereocenters. The van der Waals surface area contributed by atoms with E-state index in [1.807, 2.05) is 0 Å². The number of halogens is 8. The summed E-state index contributed by atoms with van der Waals surface area (Å²) in [5.41, 5.74) is -7.14. The van der Waals surface area contributed by atoms with Gasteiger partial charge in [-0.25, -0.2) is 25.6 Å². The van der Waals surface area contributed by atoms with Crippen LogP contribution in [0.2, 0.25) is 0 Å². The molecule has 0 spiro atoms. The molecule has 1 fully saturated rings. The summed E-state index contributed by atoms with van der Waals surface area (Å²) in [6.07, 6.45) is -5.98. The van der Waals surface area contributed by atoms with Crippen LogP contribution in [0.25, 0.3) is 0 Å². The summed E-state index contributed by atoms with van der Waals surface area (Å²) >= 11 is 0. The molecule has 4 nitrogen and oxygen atoms in total. The Kier molecular flexibility index (Phi) is 7.30. The Morgan fingerprint density at radius 1 is 0.829 bits per heavy atom. The van der Waals surface area contributed by atoms with E-state index in [2.05, 4.69) is 0 Å². The van der Waals surface area contributed by atoms with Gasteiger partial charge in [0.15, 0.2) is 9.84 Å². The normalized spacial score (nSPS) is 22.2. The molecule has 0 aromatic heterocycles. The van der Waals surface area contributed by atoms with Crippen LogP contribution in [0.4, 0.5) is 35.1 Å². The number of sulfone groups is 2. The van der Waals surface area contributed by atoms with E-state index in [9.17, 15) is 52.0 Å². The summed E-state index contributed by atoms with van der Waals surface area (Å²) in [7, 11) is -10.0. The van der Waals surface area contributed by atoms with E-state index in [1.54, 1.807) is 0 Å². The van der Waals surface area contributed by atoms with E-state index in [0.717, 1.165) is 6.07 Å². The molecule has 14 heteroatoms. The van der Waals surface area contributed by atoms with Gasteiger partial charge >= 0.3 is 11.7 Å². The Bertz CT molecular complexity index is 1280. The van der Waals surface area contributed by atoms with Crippen molar-refractivity contribution >= 4 is 19.7 Å². The van der Waals surface area contributed by atoms with Crippen LogP contribution in [0, 0.1) is 17.6 Å². The molecule has 1 aliphatic rings. The monoisotopic (exact) mass is 550 g/mol. The van der Waals surface area contributed by atoms with Gasteiger partial charge in [0.1, 0.15) is 11.6 Å². The van der Waals surface area contributed by atoms with Crippen LogP contribution < -0.4 is 0 Å². The average Bonchev–Trinajstić information content (AvgIpc) is 2.73. The summed E-state index contributed by atoms with van der Waals surface area (Å²) in [5.74, 6) is -6.04. The zero-order valence-electron chi connectivity index (χ0n) is 17.6. The first kappa shape index (κ1) is 27.4. The van der Waals surface area contributed by atoms with Crippen LogP contribution in [0.1, 0.15) is 36.3 Å². The highest BCUT2D eigenvalue weighted by Gasteiger charge is 2.49. The number of benzene rings is 2. The van der Waals surface area contributed by atoms with Crippen LogP contribution >= 0.6 is 0 Å². The molecule has 0 aliphatic heterocycles. The Balaban J connectivity index is 2.02. The molecule has 0 bridgehead atoms. The van der Waals surface area contributed by atoms with Gasteiger partial charge in [0.25, 0.3) is 0 Å². The summed E-state index contributed by atoms with van der Waals surface area (Å²) in [6.45, 7) is 0. The SMILES string of the molecule is O=S(=O)(c1ccc(C(F)(F)F)cc1)[C@H]1CC[C@@H](CS(=O)(=O)C(F)(F)F)C[C@@H]1c1cc(F)ccc1F. The topological polar surface area (TPSA) is 68.3 Å². The molecule has 1 aliphatic carbocycles. The second-order valence-corrected chi connectivity index (χ2v) is 12.5. The van der Waals surface area contributed by atoms with E-state index in [1.165, 1.54) is 0 Å². The van der Waals surface area contributed by atoms with Crippen molar-refractivity contribution < 1.29 is 52.0 Å². The maximum atomic E-state index is 14.6. The van der Waals surface area contributed by atoms with Gasteiger partial charge in [-0.1, -0.05) is 0 Å². The Labute approximate surface area is 195 Å². The maximum Gasteiger partial charge on any atom is 0.497 e. The molecule has 0 radical (unpaired) electrons. The fourth-order valence-electron chi connectivity index (χ4n) is 4.29. The van der Waals surface area contributed by atoms with E-state index in [4.69, 9.17) is 0 Å². The maximum absolute atomic E-state index is 14.6. The third kappa shape index (κ3) is 5.79. The Morgan fingerprint density at radius 2 is 1.43 bits per heavy atom. The van der Waals surface area contributed by atoms with Crippen LogP contribution in [-0.4, -0.2) is 33.3 Å². The Hall–Kier alpha value is -2.22. The third-order valence-electron chi connectivity index (χ3n) is 5.97. The second kappa shape index (κ2) is 9.34. The summed E-state index contributed by atoms with van der Waals surface area (Å²) in [4.78, 5) is -0.543. The molecule has 2 aromatic rings. The number of hydrogen-bond acceptors (Lipinski definition) is 4. The lowest BCUT2D eigenvalue weighted by molar-refractivity contribution is -0.137. The minimum atomic E-state index is -5.57. The quantitative estimate of drug-likeness (QED) is 0.452. The van der Waals surface area contributed by atoms with Gasteiger partial charge in [-0.3, -0.25) is 0 Å². The Morgan fingerprint density at radius 3 is 1.97 bits per heavy atom. The number of rotatable bonds is 5. The molecule has 1 saturated carbocycles. The van der Waals surface area contributed by atoms with Crippen LogP contribution in [0.15, 0.2) is 47.4 Å². The second-order valence-electron chi connectivity index (χ2n) is 8.28. The van der Waals surface area contributed by atoms with Gasteiger partial charge in [-0.2, -0.15) is 26.3 Å². The van der Waals surface area contributed by atoms with Crippen LogP contribution in [0.5, 0.6) is 0 Å². The van der Waals surface area contributed by atoms with Crippen molar-refractivity contribution in [3.63, 3.8) is 0 Å². The molecule has 194 valence electrons. The first-order chi connectivity index (χ1) is 15.9. The molecule has 35 heavy (non-hydrogen) atoms. The molecular formula is C21H18F8O4S2. The minimum absolute atomic E-state index is 0.298. The van der Waals surface area contributed by atoms with Crippen molar-refractivity contribution in [3.05, 3.63) is 65.2 Å². The van der Waals surface area contributed by atoms with Crippen molar-refractivity contribution in [2.45, 2.75) is 47.0 Å². The highest BCUT2D eigenvalue weighted by atomic mass is 32.2. The van der Waals surface area contributed by atoms with E-state index in [0.29, 0.717) is 36.4 Å². The van der Waals surface area contributed by atoms with Gasteiger partial charge in [0.05, 0.1) is 21.5 Å². The molecule has 0 amide bonds. The van der Waals surface area contributed by atoms with Gasteiger partial charge in [0.2, 0.25) is 9.84 Å². The third-order valence-corrected chi connectivity index (χ3v) is 9.88. The standard InChI is InChI=1S/C21H18F8O4S2/c22-14-4-7-18(23)16(10-14)17-9-12(11-34(30,31)21(27,28)29)1-8-19(17)35(32,33)15-5-2-13(3-6-15)20(24,25)26/h2-7,10,12,17,19H,1,8-9,11H2/t12-,17-,19+/m1/s1. The zero-order chi connectivity index (χ0) is 26.4. The van der Waals surface area contributed by atoms with Crippen molar-refractivity contribution in [1.82, 2.24) is 0 Å². The molecule has 0 N–H and O–H groups in total. The molecule has 0 saturated heterocycles. The molecule has 0 heterocycles. The van der Waals surface area contributed by atoms with E-state index in [-0.39, 0.29) is 6.42 Å². The smallest absolute Gasteiger partial charge is 0.223 e. The lowest BCUT2D eigenvalue weighted by Gasteiger charge is -2.36. The molecule has 3 rings (SSSR count). The number of alkyl halides is 6. The summed E-state index contributed by atoms with van der Waals surface area (Å²) in [5, 5.41) is -1.54. The molecule has 0 unspecified atom stereocenters. The van der Waals surface area contributed by atoms with Gasteiger partial charge in [-0.15, -0.1) is 0 Å². The van der Waals surface area contributed by atoms with Crippen molar-refractivity contribution in [1.29, 1.82) is 0 Å². The predicted octanol–water partition coefficient (Wildman–Crippen LogP) is 5.64. The summed E-state index contributed by atoms with van der Waals surface area (Å²) < 4.78 is 155. The van der Waals surface area contributed by atoms with Crippen molar-refractivity contribution in [2.75, 3.05) is 5.75 Å². The first-order valence-corrected chi connectivity index (χ1v) is 13.3. The van der Waals surface area contributed by atoms with Crippen molar-refractivity contribution in [3.8, 4) is 0 Å². The number of hydrogen-bond donors (Lipinski definition) is 0. The van der Waals surface area contributed by atoms with Gasteiger partial charge in [-0.05, 0) is 73.2 Å². The van der Waals surface area contributed by atoms with Crippen molar-refractivity contribution in [2.24, 2.45) is 5.92 Å². The van der Waals surface area contributed by atoms with Crippen LogP contribution in [0.3, 0.4) is 0 Å². The molecule has 2 aromatic carbocycles. The lowest BCUT2D eigenvalue weighted by Crippen LogP contribution is -2.38. The van der Waals surface area contributed by atoms with E-state index >= 15 is 0 Å². The highest BCUT2D eigenvalue weighted by molar-refractivity contribution is 7.92. The fraction of sp³-hybridized carbons (Fsp3) is 0.429.